The molecule has 1 amide bonds. The minimum absolute atomic E-state index is 0.166. The van der Waals surface area contributed by atoms with Crippen LogP contribution in [-0.4, -0.2) is 24.2 Å². The molecule has 0 spiro atoms. The highest BCUT2D eigenvalue weighted by Gasteiger charge is 2.41. The van der Waals surface area contributed by atoms with E-state index in [0.29, 0.717) is 6.42 Å². The largest absolute Gasteiger partial charge is 0.396 e. The molecule has 0 radical (unpaired) electrons. The fourth-order valence-electron chi connectivity index (χ4n) is 2.48. The Labute approximate surface area is 97.6 Å². The smallest absolute Gasteiger partial charge is 0.220 e. The number of rotatable bonds is 8. The summed E-state index contributed by atoms with van der Waals surface area (Å²) in [5.41, 5.74) is 0. The first kappa shape index (κ1) is 11.9. The zero-order valence-electron chi connectivity index (χ0n) is 9.95. The Balaban J connectivity index is 1.59. The van der Waals surface area contributed by atoms with E-state index in [2.05, 4.69) is 5.32 Å². The first-order valence-corrected chi connectivity index (χ1v) is 6.69. The van der Waals surface area contributed by atoms with E-state index in [-0.39, 0.29) is 12.5 Å². The van der Waals surface area contributed by atoms with E-state index in [0.717, 1.165) is 37.1 Å². The average Bonchev–Trinajstić information content (AvgIpc) is 3.13. The maximum absolute atomic E-state index is 11.5. The fraction of sp³-hybridized carbons (Fsp3) is 0.923. The molecule has 0 unspecified atom stereocenters. The van der Waals surface area contributed by atoms with Crippen molar-refractivity contribution >= 4 is 5.91 Å². The highest BCUT2D eigenvalue weighted by molar-refractivity contribution is 5.75. The van der Waals surface area contributed by atoms with Crippen LogP contribution in [0.4, 0.5) is 0 Å². The third kappa shape index (κ3) is 3.78. The predicted molar refractivity (Wildman–Crippen MR) is 62.9 cm³/mol. The molecular formula is C13H23NO2. The van der Waals surface area contributed by atoms with Crippen molar-refractivity contribution in [2.45, 2.75) is 44.9 Å². The minimum Gasteiger partial charge on any atom is -0.396 e. The lowest BCUT2D eigenvalue weighted by atomic mass is 9.98. The molecule has 0 atom stereocenters. The summed E-state index contributed by atoms with van der Waals surface area (Å²) >= 11 is 0. The van der Waals surface area contributed by atoms with Crippen molar-refractivity contribution in [3.63, 3.8) is 0 Å². The molecular weight excluding hydrogens is 202 g/mol. The summed E-state index contributed by atoms with van der Waals surface area (Å²) < 4.78 is 0. The van der Waals surface area contributed by atoms with Crippen molar-refractivity contribution < 1.29 is 9.90 Å². The van der Waals surface area contributed by atoms with Crippen LogP contribution in [0.15, 0.2) is 0 Å². The van der Waals surface area contributed by atoms with Crippen molar-refractivity contribution in [2.24, 2.45) is 17.8 Å². The fourth-order valence-corrected chi connectivity index (χ4v) is 2.48. The van der Waals surface area contributed by atoms with Crippen LogP contribution in [0.3, 0.4) is 0 Å². The number of hydrogen-bond donors (Lipinski definition) is 2. The number of unbranched alkanes of at least 4 members (excludes halogenated alkanes) is 1. The summed E-state index contributed by atoms with van der Waals surface area (Å²) in [5.74, 6) is 2.75. The van der Waals surface area contributed by atoms with Gasteiger partial charge < -0.3 is 10.4 Å². The number of aliphatic hydroxyl groups is 1. The molecule has 0 aromatic carbocycles. The summed E-state index contributed by atoms with van der Waals surface area (Å²) in [6.07, 6.45) is 7.62. The van der Waals surface area contributed by atoms with Gasteiger partial charge >= 0.3 is 0 Å². The van der Waals surface area contributed by atoms with Crippen LogP contribution < -0.4 is 5.32 Å². The highest BCUT2D eigenvalue weighted by Crippen LogP contribution is 2.48. The summed E-state index contributed by atoms with van der Waals surface area (Å²) in [5, 5.41) is 11.7. The van der Waals surface area contributed by atoms with E-state index in [1.165, 1.54) is 25.7 Å². The van der Waals surface area contributed by atoms with Gasteiger partial charge in [0.15, 0.2) is 0 Å². The molecule has 0 bridgehead atoms. The third-order valence-electron chi connectivity index (χ3n) is 3.80. The second kappa shape index (κ2) is 5.67. The first-order chi connectivity index (χ1) is 7.81. The molecule has 2 aliphatic rings. The summed E-state index contributed by atoms with van der Waals surface area (Å²) in [4.78, 5) is 11.5. The Kier molecular flexibility index (Phi) is 4.22. The Morgan fingerprint density at radius 2 is 1.81 bits per heavy atom. The van der Waals surface area contributed by atoms with Crippen molar-refractivity contribution in [1.82, 2.24) is 5.32 Å². The van der Waals surface area contributed by atoms with Crippen LogP contribution >= 0.6 is 0 Å². The van der Waals surface area contributed by atoms with Crippen LogP contribution in [0.25, 0.3) is 0 Å². The van der Waals surface area contributed by atoms with Crippen molar-refractivity contribution in [2.75, 3.05) is 13.2 Å². The molecule has 0 aromatic rings. The molecule has 16 heavy (non-hydrogen) atoms. The van der Waals surface area contributed by atoms with Gasteiger partial charge in [-0.3, -0.25) is 4.79 Å². The van der Waals surface area contributed by atoms with E-state index in [4.69, 9.17) is 5.11 Å². The van der Waals surface area contributed by atoms with Gasteiger partial charge in [0.25, 0.3) is 0 Å². The number of hydrogen-bond acceptors (Lipinski definition) is 2. The SMILES string of the molecule is O=C(CCCCO)NCC(C1CC1)C1CC1. The lowest BCUT2D eigenvalue weighted by Crippen LogP contribution is -2.30. The van der Waals surface area contributed by atoms with Gasteiger partial charge in [-0.2, -0.15) is 0 Å². The number of carbonyl (C=O) groups excluding carboxylic acids is 1. The normalized spacial score (nSPS) is 20.1. The molecule has 0 saturated heterocycles. The van der Waals surface area contributed by atoms with E-state index < -0.39 is 0 Å². The third-order valence-corrected chi connectivity index (χ3v) is 3.80. The van der Waals surface area contributed by atoms with Crippen LogP contribution in [0.2, 0.25) is 0 Å². The Morgan fingerprint density at radius 3 is 2.31 bits per heavy atom. The zero-order chi connectivity index (χ0) is 11.4. The molecule has 2 fully saturated rings. The van der Waals surface area contributed by atoms with Crippen LogP contribution in [0.1, 0.15) is 44.9 Å². The quantitative estimate of drug-likeness (QED) is 0.618. The molecule has 3 heteroatoms. The summed E-state index contributed by atoms with van der Waals surface area (Å²) in [6.45, 7) is 1.09. The van der Waals surface area contributed by atoms with E-state index >= 15 is 0 Å². The Hall–Kier alpha value is -0.570. The lowest BCUT2D eigenvalue weighted by Gasteiger charge is -2.16. The monoisotopic (exact) mass is 225 g/mol. The second-order valence-electron chi connectivity index (χ2n) is 5.32. The van der Waals surface area contributed by atoms with Gasteiger partial charge in [-0.05, 0) is 56.3 Å². The number of amides is 1. The zero-order valence-corrected chi connectivity index (χ0v) is 9.95. The molecule has 2 rings (SSSR count). The van der Waals surface area contributed by atoms with Gasteiger partial charge in [-0.15, -0.1) is 0 Å². The maximum Gasteiger partial charge on any atom is 0.220 e. The molecule has 92 valence electrons. The second-order valence-corrected chi connectivity index (χ2v) is 5.32. The molecule has 0 aliphatic heterocycles. The van der Waals surface area contributed by atoms with Gasteiger partial charge in [-0.25, -0.2) is 0 Å². The lowest BCUT2D eigenvalue weighted by molar-refractivity contribution is -0.121. The summed E-state index contributed by atoms with van der Waals surface area (Å²) in [6, 6.07) is 0. The number of aliphatic hydroxyl groups excluding tert-OH is 1. The minimum atomic E-state index is 0.166. The molecule has 0 heterocycles. The maximum atomic E-state index is 11.5. The van der Waals surface area contributed by atoms with Gasteiger partial charge in [0.1, 0.15) is 0 Å². The number of carbonyl (C=O) groups is 1. The Bertz CT molecular complexity index is 222. The van der Waals surface area contributed by atoms with E-state index in [1.807, 2.05) is 0 Å². The Morgan fingerprint density at radius 1 is 1.19 bits per heavy atom. The van der Waals surface area contributed by atoms with Gasteiger partial charge in [0.05, 0.1) is 0 Å². The highest BCUT2D eigenvalue weighted by atomic mass is 16.2. The van der Waals surface area contributed by atoms with Crippen LogP contribution in [0.5, 0.6) is 0 Å². The van der Waals surface area contributed by atoms with Crippen LogP contribution in [-0.2, 0) is 4.79 Å². The number of nitrogens with one attached hydrogen (secondary N) is 1. The van der Waals surface area contributed by atoms with E-state index in [1.54, 1.807) is 0 Å². The molecule has 3 nitrogen and oxygen atoms in total. The van der Waals surface area contributed by atoms with Crippen molar-refractivity contribution in [1.29, 1.82) is 0 Å². The van der Waals surface area contributed by atoms with Crippen LogP contribution in [0, 0.1) is 17.8 Å². The standard InChI is InChI=1S/C13H23NO2/c15-8-2-1-3-13(16)14-9-12(10-4-5-10)11-6-7-11/h10-12,15H,1-9H2,(H,14,16). The average molecular weight is 225 g/mol. The van der Waals surface area contributed by atoms with Gasteiger partial charge in [0, 0.05) is 19.6 Å². The van der Waals surface area contributed by atoms with Gasteiger partial charge in [-0.1, -0.05) is 0 Å². The molecule has 0 aromatic heterocycles. The first-order valence-electron chi connectivity index (χ1n) is 6.69. The molecule has 2 aliphatic carbocycles. The molecule has 2 saturated carbocycles. The van der Waals surface area contributed by atoms with Crippen molar-refractivity contribution in [3.05, 3.63) is 0 Å². The van der Waals surface area contributed by atoms with Gasteiger partial charge in [0.2, 0.25) is 5.91 Å². The van der Waals surface area contributed by atoms with E-state index in [9.17, 15) is 4.79 Å². The van der Waals surface area contributed by atoms with Crippen molar-refractivity contribution in [3.8, 4) is 0 Å². The predicted octanol–water partition coefficient (Wildman–Crippen LogP) is 1.70. The topological polar surface area (TPSA) is 49.3 Å². The summed E-state index contributed by atoms with van der Waals surface area (Å²) in [7, 11) is 0. The molecule has 2 N–H and O–H groups in total.